The standard InChI is InChI=1S/C17H22N2OS/c1-3-14-10-19-17(21-14)11-18-16-6-4-5-12-7-8-13(20-2)9-15(12)16/h7-10,16,18H,3-6,11H2,1-2H3. The van der Waals surface area contributed by atoms with E-state index in [0.717, 1.165) is 18.7 Å². The molecule has 4 heteroatoms. The summed E-state index contributed by atoms with van der Waals surface area (Å²) in [6.07, 6.45) is 6.68. The number of hydrogen-bond acceptors (Lipinski definition) is 4. The molecule has 1 heterocycles. The molecule has 3 nitrogen and oxygen atoms in total. The summed E-state index contributed by atoms with van der Waals surface area (Å²) in [4.78, 5) is 5.85. The minimum Gasteiger partial charge on any atom is -0.497 e. The second kappa shape index (κ2) is 6.58. The predicted octanol–water partition coefficient (Wildman–Crippen LogP) is 3.88. The van der Waals surface area contributed by atoms with E-state index in [2.05, 4.69) is 35.4 Å². The fraction of sp³-hybridized carbons (Fsp3) is 0.471. The fourth-order valence-electron chi connectivity index (χ4n) is 2.92. The highest BCUT2D eigenvalue weighted by atomic mass is 32.1. The highest BCUT2D eigenvalue weighted by Crippen LogP contribution is 2.32. The Morgan fingerprint density at radius 1 is 1.43 bits per heavy atom. The lowest BCUT2D eigenvalue weighted by molar-refractivity contribution is 0.408. The van der Waals surface area contributed by atoms with Crippen LogP contribution in [0.1, 0.15) is 46.8 Å². The van der Waals surface area contributed by atoms with Gasteiger partial charge in [-0.05, 0) is 48.9 Å². The molecule has 0 aliphatic heterocycles. The van der Waals surface area contributed by atoms with Gasteiger partial charge in [0.2, 0.25) is 0 Å². The number of nitrogens with zero attached hydrogens (tertiary/aromatic N) is 1. The normalized spacial score (nSPS) is 17.5. The van der Waals surface area contributed by atoms with Gasteiger partial charge in [-0.15, -0.1) is 11.3 Å². The zero-order chi connectivity index (χ0) is 14.7. The molecule has 0 saturated carbocycles. The average molecular weight is 302 g/mol. The lowest BCUT2D eigenvalue weighted by Gasteiger charge is -2.26. The maximum Gasteiger partial charge on any atom is 0.119 e. The van der Waals surface area contributed by atoms with Crippen molar-refractivity contribution in [2.75, 3.05) is 7.11 Å². The topological polar surface area (TPSA) is 34.2 Å². The van der Waals surface area contributed by atoms with Crippen LogP contribution in [0.4, 0.5) is 0 Å². The van der Waals surface area contributed by atoms with Gasteiger partial charge in [0.15, 0.2) is 0 Å². The molecule has 21 heavy (non-hydrogen) atoms. The van der Waals surface area contributed by atoms with Crippen molar-refractivity contribution in [1.82, 2.24) is 10.3 Å². The van der Waals surface area contributed by atoms with Gasteiger partial charge < -0.3 is 10.1 Å². The van der Waals surface area contributed by atoms with Crippen LogP contribution in [-0.4, -0.2) is 12.1 Å². The Balaban J connectivity index is 1.72. The summed E-state index contributed by atoms with van der Waals surface area (Å²) in [5.41, 5.74) is 2.85. The Morgan fingerprint density at radius 3 is 3.10 bits per heavy atom. The average Bonchev–Trinajstić information content (AvgIpc) is 3.00. The Hall–Kier alpha value is -1.39. The van der Waals surface area contributed by atoms with E-state index in [4.69, 9.17) is 4.74 Å². The molecular formula is C17H22N2OS. The van der Waals surface area contributed by atoms with Crippen LogP contribution in [0.2, 0.25) is 0 Å². The molecular weight excluding hydrogens is 280 g/mol. The monoisotopic (exact) mass is 302 g/mol. The lowest BCUT2D eigenvalue weighted by atomic mass is 9.87. The van der Waals surface area contributed by atoms with Crippen LogP contribution >= 0.6 is 11.3 Å². The van der Waals surface area contributed by atoms with E-state index in [1.54, 1.807) is 7.11 Å². The van der Waals surface area contributed by atoms with E-state index in [1.165, 1.54) is 40.3 Å². The van der Waals surface area contributed by atoms with E-state index in [1.807, 2.05) is 17.5 Å². The number of benzene rings is 1. The smallest absolute Gasteiger partial charge is 0.119 e. The summed E-state index contributed by atoms with van der Waals surface area (Å²) in [6.45, 7) is 3.03. The predicted molar refractivity (Wildman–Crippen MR) is 87.0 cm³/mol. The minimum atomic E-state index is 0.415. The zero-order valence-corrected chi connectivity index (χ0v) is 13.5. The molecule has 1 aromatic heterocycles. The van der Waals surface area contributed by atoms with Crippen molar-refractivity contribution in [3.05, 3.63) is 45.4 Å². The number of fused-ring (bicyclic) bond motifs is 1. The Labute approximate surface area is 130 Å². The van der Waals surface area contributed by atoms with E-state index >= 15 is 0 Å². The molecule has 0 amide bonds. The number of hydrogen-bond donors (Lipinski definition) is 1. The van der Waals surface area contributed by atoms with Crippen LogP contribution in [0.3, 0.4) is 0 Å². The van der Waals surface area contributed by atoms with Crippen LogP contribution < -0.4 is 10.1 Å². The van der Waals surface area contributed by atoms with Crippen LogP contribution in [0, 0.1) is 0 Å². The number of thiazole rings is 1. The molecule has 3 rings (SSSR count). The molecule has 1 N–H and O–H groups in total. The van der Waals surface area contributed by atoms with Crippen LogP contribution in [0.15, 0.2) is 24.4 Å². The molecule has 1 unspecified atom stereocenters. The third-order valence-electron chi connectivity index (χ3n) is 4.12. The van der Waals surface area contributed by atoms with Gasteiger partial charge in [0.05, 0.1) is 7.11 Å². The van der Waals surface area contributed by atoms with E-state index in [-0.39, 0.29) is 0 Å². The SMILES string of the molecule is CCc1cnc(CNC2CCCc3ccc(OC)cc32)s1. The molecule has 2 aromatic rings. The minimum absolute atomic E-state index is 0.415. The van der Waals surface area contributed by atoms with Gasteiger partial charge in [-0.25, -0.2) is 4.98 Å². The van der Waals surface area contributed by atoms with Gasteiger partial charge in [0.1, 0.15) is 10.8 Å². The van der Waals surface area contributed by atoms with Crippen LogP contribution in [0.25, 0.3) is 0 Å². The van der Waals surface area contributed by atoms with Crippen molar-refractivity contribution in [3.8, 4) is 5.75 Å². The molecule has 1 atom stereocenters. The Kier molecular flexibility index (Phi) is 4.56. The number of aromatic nitrogens is 1. The first-order valence-electron chi connectivity index (χ1n) is 7.64. The maximum absolute atomic E-state index is 5.37. The highest BCUT2D eigenvalue weighted by molar-refractivity contribution is 7.11. The summed E-state index contributed by atoms with van der Waals surface area (Å²) < 4.78 is 5.37. The molecule has 0 fully saturated rings. The van der Waals surface area contributed by atoms with Gasteiger partial charge >= 0.3 is 0 Å². The van der Waals surface area contributed by atoms with Crippen molar-refractivity contribution >= 4 is 11.3 Å². The molecule has 0 saturated heterocycles. The first-order valence-corrected chi connectivity index (χ1v) is 8.45. The summed E-state index contributed by atoms with van der Waals surface area (Å²) in [7, 11) is 1.73. The van der Waals surface area contributed by atoms with E-state index in [9.17, 15) is 0 Å². The molecule has 1 aliphatic carbocycles. The molecule has 1 aliphatic rings. The fourth-order valence-corrected chi connectivity index (χ4v) is 3.73. The van der Waals surface area contributed by atoms with Crippen LogP contribution in [-0.2, 0) is 19.4 Å². The first kappa shape index (κ1) is 14.5. The van der Waals surface area contributed by atoms with Gasteiger partial charge in [0.25, 0.3) is 0 Å². The van der Waals surface area contributed by atoms with E-state index in [0.29, 0.717) is 6.04 Å². The van der Waals surface area contributed by atoms with Crippen molar-refractivity contribution in [1.29, 1.82) is 0 Å². The number of aryl methyl sites for hydroxylation is 2. The molecule has 1 aromatic carbocycles. The molecule has 0 spiro atoms. The third-order valence-corrected chi connectivity index (χ3v) is 5.26. The van der Waals surface area contributed by atoms with Gasteiger partial charge in [-0.3, -0.25) is 0 Å². The second-order valence-corrected chi connectivity index (χ2v) is 6.66. The summed E-state index contributed by atoms with van der Waals surface area (Å²) in [5.74, 6) is 0.949. The van der Waals surface area contributed by atoms with Gasteiger partial charge in [0, 0.05) is 23.7 Å². The van der Waals surface area contributed by atoms with Crippen LogP contribution in [0.5, 0.6) is 5.75 Å². The summed E-state index contributed by atoms with van der Waals surface area (Å²) in [6, 6.07) is 6.87. The third kappa shape index (κ3) is 3.27. The van der Waals surface area contributed by atoms with Crippen molar-refractivity contribution in [2.24, 2.45) is 0 Å². The number of methoxy groups -OCH3 is 1. The number of rotatable bonds is 5. The first-order chi connectivity index (χ1) is 10.3. The zero-order valence-electron chi connectivity index (χ0n) is 12.7. The number of ether oxygens (including phenoxy) is 1. The van der Waals surface area contributed by atoms with Gasteiger partial charge in [-0.2, -0.15) is 0 Å². The summed E-state index contributed by atoms with van der Waals surface area (Å²) >= 11 is 1.81. The Morgan fingerprint density at radius 2 is 2.33 bits per heavy atom. The van der Waals surface area contributed by atoms with E-state index < -0.39 is 0 Å². The highest BCUT2D eigenvalue weighted by Gasteiger charge is 2.20. The Bertz CT molecular complexity index is 609. The molecule has 112 valence electrons. The summed E-state index contributed by atoms with van der Waals surface area (Å²) in [5, 5.41) is 4.86. The quantitative estimate of drug-likeness (QED) is 0.910. The molecule has 0 radical (unpaired) electrons. The van der Waals surface area contributed by atoms with Gasteiger partial charge in [-0.1, -0.05) is 13.0 Å². The van der Waals surface area contributed by atoms with Crippen molar-refractivity contribution < 1.29 is 4.74 Å². The largest absolute Gasteiger partial charge is 0.497 e. The number of nitrogens with one attached hydrogen (secondary N) is 1. The molecule has 0 bridgehead atoms. The van der Waals surface area contributed by atoms with Crippen molar-refractivity contribution in [2.45, 2.75) is 45.2 Å². The second-order valence-electron chi connectivity index (χ2n) is 5.46. The lowest BCUT2D eigenvalue weighted by Crippen LogP contribution is -2.24. The maximum atomic E-state index is 5.37. The van der Waals surface area contributed by atoms with Crippen molar-refractivity contribution in [3.63, 3.8) is 0 Å².